The second-order valence-corrected chi connectivity index (χ2v) is 12.0. The zero-order valence-electron chi connectivity index (χ0n) is 26.8. The molecule has 0 spiro atoms. The topological polar surface area (TPSA) is 111 Å². The van der Waals surface area contributed by atoms with E-state index >= 15 is 0 Å². The van der Waals surface area contributed by atoms with Crippen LogP contribution in [0.1, 0.15) is 27.7 Å². The molecule has 0 fully saturated rings. The maximum atomic E-state index is 12.8. The first-order valence-corrected chi connectivity index (χ1v) is 16.0. The summed E-state index contributed by atoms with van der Waals surface area (Å²) in [7, 11) is 0. The lowest BCUT2D eigenvalue weighted by Gasteiger charge is -2.25. The van der Waals surface area contributed by atoms with Gasteiger partial charge in [-0.15, -0.1) is 0 Å². The number of fused-ring (bicyclic) bond motifs is 12. The van der Waals surface area contributed by atoms with Crippen LogP contribution in [-0.4, -0.2) is 20.9 Å². The molecule has 0 saturated heterocycles. The van der Waals surface area contributed by atoms with Gasteiger partial charge in [0.1, 0.15) is 33.5 Å². The highest BCUT2D eigenvalue weighted by atomic mass is 16.5. The Morgan fingerprint density at radius 3 is 1.40 bits per heavy atom. The van der Waals surface area contributed by atoms with E-state index in [4.69, 9.17) is 19.5 Å². The normalized spacial score (nSPS) is 12.8. The van der Waals surface area contributed by atoms with Crippen LogP contribution in [0.25, 0.3) is 43.6 Å². The van der Waals surface area contributed by atoms with Crippen LogP contribution < -0.4 is 30.8 Å². The Hall–Kier alpha value is -6.16. The number of rotatable bonds is 4. The number of carbonyl (C=O) groups is 2. The van der Waals surface area contributed by atoms with E-state index in [2.05, 4.69) is 57.9 Å². The van der Waals surface area contributed by atoms with Crippen molar-refractivity contribution in [3.8, 4) is 23.0 Å². The Kier molecular flexibility index (Phi) is 5.95. The Bertz CT molecular complexity index is 2530. The third-order valence-electron chi connectivity index (χ3n) is 9.20. The summed E-state index contributed by atoms with van der Waals surface area (Å²) in [5.74, 6) is 1.06. The number of nitrogens with zero attached hydrogens (tertiary/aromatic N) is 4. The molecule has 4 heterocycles. The first-order chi connectivity index (χ1) is 23.4. The van der Waals surface area contributed by atoms with Crippen molar-refractivity contribution in [3.63, 3.8) is 0 Å². The molecule has 0 bridgehead atoms. The van der Waals surface area contributed by atoms with Gasteiger partial charge in [-0.2, -0.15) is 0 Å². The van der Waals surface area contributed by atoms with Gasteiger partial charge >= 0.3 is 0 Å². The molecule has 0 aliphatic carbocycles. The summed E-state index contributed by atoms with van der Waals surface area (Å²) in [5.41, 5.74) is 6.00. The molecule has 10 nitrogen and oxygen atoms in total. The molecular formula is C38H30N6O4. The van der Waals surface area contributed by atoms with Gasteiger partial charge in [-0.1, -0.05) is 36.4 Å². The van der Waals surface area contributed by atoms with Crippen molar-refractivity contribution in [2.75, 3.05) is 10.6 Å². The highest BCUT2D eigenvalue weighted by Crippen LogP contribution is 2.50. The summed E-state index contributed by atoms with van der Waals surface area (Å²) in [6.45, 7) is 8.63. The van der Waals surface area contributed by atoms with Crippen LogP contribution in [0.4, 0.5) is 22.7 Å². The van der Waals surface area contributed by atoms with Gasteiger partial charge in [-0.3, -0.25) is 9.59 Å². The number of carbonyl (C=O) groups excluding carboxylic acids is 2. The van der Waals surface area contributed by atoms with E-state index in [1.54, 1.807) is 0 Å². The second kappa shape index (κ2) is 10.2. The molecule has 5 aromatic carbocycles. The summed E-state index contributed by atoms with van der Waals surface area (Å²) in [6.07, 6.45) is 0. The minimum Gasteiger partial charge on any atom is -0.450 e. The van der Waals surface area contributed by atoms with Crippen LogP contribution in [0.15, 0.2) is 82.8 Å². The van der Waals surface area contributed by atoms with Gasteiger partial charge < -0.3 is 29.2 Å². The summed E-state index contributed by atoms with van der Waals surface area (Å²) in [6, 6.07) is 24.3. The van der Waals surface area contributed by atoms with Gasteiger partial charge in [0.05, 0.1) is 21.8 Å². The largest absolute Gasteiger partial charge is 0.450 e. The number of ether oxygens (including phenoxy) is 2. The highest BCUT2D eigenvalue weighted by Gasteiger charge is 2.32. The van der Waals surface area contributed by atoms with E-state index in [1.807, 2.05) is 48.5 Å². The standard InChI is InChI=1S/C38H30N6O4/c1-5-43-25-13-9-7-11-21(25)29-27(43)17-15-23-35(29)47-37-31(39-19(3)45)34-38(32(33(37)41-23)40-20(4)46)48-36-24(42-34)16-18-28-30(36)22-12-8-10-14-26(22)44(28)6-2/h7-18H,5-6H2,1-4H3,(H,39,45)(H,40,46). The molecule has 0 unspecified atom stereocenters. The molecule has 48 heavy (non-hydrogen) atoms. The Morgan fingerprint density at radius 1 is 0.583 bits per heavy atom. The first-order valence-electron chi connectivity index (χ1n) is 16.0. The van der Waals surface area contributed by atoms with Crippen molar-refractivity contribution in [3.05, 3.63) is 83.5 Å². The van der Waals surface area contributed by atoms with Gasteiger partial charge in [-0.25, -0.2) is 9.98 Å². The molecule has 7 aromatic rings. The van der Waals surface area contributed by atoms with Crippen molar-refractivity contribution in [1.29, 1.82) is 0 Å². The fourth-order valence-electron chi connectivity index (χ4n) is 7.38. The lowest BCUT2D eigenvalue weighted by atomic mass is 10.1. The van der Waals surface area contributed by atoms with Crippen molar-refractivity contribution < 1.29 is 19.1 Å². The van der Waals surface area contributed by atoms with Gasteiger partial charge in [0.15, 0.2) is 23.0 Å². The number of hydrogen-bond acceptors (Lipinski definition) is 6. The van der Waals surface area contributed by atoms with E-state index in [0.29, 0.717) is 45.0 Å². The number of benzene rings is 5. The summed E-state index contributed by atoms with van der Waals surface area (Å²) >= 11 is 0. The van der Waals surface area contributed by atoms with Crippen LogP contribution in [0, 0.1) is 0 Å². The van der Waals surface area contributed by atoms with E-state index < -0.39 is 0 Å². The SMILES string of the molecule is CCn1c2ccccc2c2c3c(ccc21)N=c1c(NC(C)=O)c2c(c(NC(C)=O)c1O3)=Nc1ccc3c(c1O2)c1ccccc1n3CC. The van der Waals surface area contributed by atoms with E-state index in [-0.39, 0.29) is 23.3 Å². The van der Waals surface area contributed by atoms with Crippen LogP contribution in [0.5, 0.6) is 23.0 Å². The monoisotopic (exact) mass is 634 g/mol. The lowest BCUT2D eigenvalue weighted by molar-refractivity contribution is -0.115. The molecular weight excluding hydrogens is 604 g/mol. The summed E-state index contributed by atoms with van der Waals surface area (Å²) < 4.78 is 18.1. The average molecular weight is 635 g/mol. The molecule has 2 N–H and O–H groups in total. The predicted molar refractivity (Wildman–Crippen MR) is 187 cm³/mol. The zero-order chi connectivity index (χ0) is 32.8. The number of aryl methyl sites for hydroxylation is 2. The molecule has 0 radical (unpaired) electrons. The van der Waals surface area contributed by atoms with E-state index in [9.17, 15) is 9.59 Å². The zero-order valence-corrected chi connectivity index (χ0v) is 26.8. The number of anilines is 2. The molecule has 2 amide bonds. The van der Waals surface area contributed by atoms with Crippen molar-refractivity contribution in [2.45, 2.75) is 40.8 Å². The molecule has 2 aromatic heterocycles. The van der Waals surface area contributed by atoms with Crippen molar-refractivity contribution >= 4 is 78.2 Å². The first kappa shape index (κ1) is 28.1. The van der Waals surface area contributed by atoms with Crippen LogP contribution in [0.3, 0.4) is 0 Å². The third kappa shape index (κ3) is 3.80. The predicted octanol–water partition coefficient (Wildman–Crippen LogP) is 7.97. The van der Waals surface area contributed by atoms with E-state index in [0.717, 1.165) is 56.7 Å². The molecule has 2 aliphatic heterocycles. The Balaban J connectivity index is 1.38. The van der Waals surface area contributed by atoms with Gasteiger partial charge in [0.2, 0.25) is 11.8 Å². The molecule has 9 rings (SSSR count). The average Bonchev–Trinajstić information content (AvgIpc) is 3.60. The van der Waals surface area contributed by atoms with Crippen LogP contribution >= 0.6 is 0 Å². The fraction of sp³-hybridized carbons (Fsp3) is 0.158. The van der Waals surface area contributed by atoms with Gasteiger partial charge in [0.25, 0.3) is 0 Å². The smallest absolute Gasteiger partial charge is 0.221 e. The Morgan fingerprint density at radius 2 is 1.00 bits per heavy atom. The summed E-state index contributed by atoms with van der Waals surface area (Å²) in [4.78, 5) is 35.7. The van der Waals surface area contributed by atoms with E-state index in [1.165, 1.54) is 13.8 Å². The van der Waals surface area contributed by atoms with Crippen molar-refractivity contribution in [1.82, 2.24) is 9.13 Å². The number of para-hydroxylation sites is 2. The minimum absolute atomic E-state index is 0.278. The molecule has 0 atom stereocenters. The summed E-state index contributed by atoms with van der Waals surface area (Å²) in [5, 5.41) is 10.5. The maximum absolute atomic E-state index is 12.8. The number of amides is 2. The van der Waals surface area contributed by atoms with Crippen LogP contribution in [0.2, 0.25) is 0 Å². The number of aromatic nitrogens is 2. The quantitative estimate of drug-likeness (QED) is 0.191. The Labute approximate surface area is 273 Å². The minimum atomic E-state index is -0.315. The highest BCUT2D eigenvalue weighted by molar-refractivity contribution is 6.14. The molecule has 0 saturated carbocycles. The van der Waals surface area contributed by atoms with Crippen molar-refractivity contribution in [2.24, 2.45) is 9.98 Å². The number of nitrogens with one attached hydrogen (secondary N) is 2. The number of hydrogen-bond donors (Lipinski definition) is 2. The molecule has 10 heteroatoms. The second-order valence-electron chi connectivity index (χ2n) is 12.0. The van der Waals surface area contributed by atoms with Gasteiger partial charge in [0, 0.05) is 48.7 Å². The van der Waals surface area contributed by atoms with Crippen LogP contribution in [-0.2, 0) is 22.7 Å². The third-order valence-corrected chi connectivity index (χ3v) is 9.20. The molecule has 236 valence electrons. The molecule has 2 aliphatic rings. The lowest BCUT2D eigenvalue weighted by Crippen LogP contribution is -2.29. The maximum Gasteiger partial charge on any atom is 0.221 e. The fourth-order valence-corrected chi connectivity index (χ4v) is 7.38. The van der Waals surface area contributed by atoms with Gasteiger partial charge in [-0.05, 0) is 50.2 Å².